The number of hydrogen-bond acceptors (Lipinski definition) is 5. The molecule has 10 heteroatoms. The number of hydrogen-bond donors (Lipinski definition) is 1. The predicted molar refractivity (Wildman–Crippen MR) is 83.3 cm³/mol. The first-order valence-corrected chi connectivity index (χ1v) is 8.67. The molecule has 0 radical (unpaired) electrons. The van der Waals surface area contributed by atoms with E-state index in [0.29, 0.717) is 22.6 Å². The Morgan fingerprint density at radius 2 is 1.92 bits per heavy atom. The predicted octanol–water partition coefficient (Wildman–Crippen LogP) is 1.69. The Morgan fingerprint density at radius 3 is 2.62 bits per heavy atom. The van der Waals surface area contributed by atoms with Crippen molar-refractivity contribution in [2.75, 3.05) is 13.3 Å². The molecule has 0 aliphatic heterocycles. The lowest BCUT2D eigenvalue weighted by molar-refractivity contribution is 0.465. The summed E-state index contributed by atoms with van der Waals surface area (Å²) in [6, 6.07) is 3.63. The SMILES string of the molecule is CN(Cc1cc(-c2nc3cc(F)c(F)cc3[nH]2)cnn1)S(C)(=O)=O. The van der Waals surface area contributed by atoms with Crippen molar-refractivity contribution in [1.82, 2.24) is 24.5 Å². The van der Waals surface area contributed by atoms with E-state index in [-0.39, 0.29) is 12.1 Å². The molecule has 7 nitrogen and oxygen atoms in total. The number of aromatic nitrogens is 4. The third-order valence-electron chi connectivity index (χ3n) is 3.45. The Bertz CT molecular complexity index is 980. The Balaban J connectivity index is 1.97. The van der Waals surface area contributed by atoms with Crippen molar-refractivity contribution in [2.45, 2.75) is 6.54 Å². The highest BCUT2D eigenvalue weighted by molar-refractivity contribution is 7.88. The van der Waals surface area contributed by atoms with Crippen LogP contribution in [0.15, 0.2) is 24.4 Å². The molecule has 24 heavy (non-hydrogen) atoms. The molecule has 1 N–H and O–H groups in total. The Hall–Kier alpha value is -2.46. The molecule has 0 aliphatic rings. The highest BCUT2D eigenvalue weighted by atomic mass is 32.2. The third kappa shape index (κ3) is 3.24. The van der Waals surface area contributed by atoms with Crippen LogP contribution in [0.4, 0.5) is 8.78 Å². The molecule has 0 aliphatic carbocycles. The van der Waals surface area contributed by atoms with Gasteiger partial charge in [0.25, 0.3) is 0 Å². The number of rotatable bonds is 4. The van der Waals surface area contributed by atoms with Gasteiger partial charge in [-0.1, -0.05) is 0 Å². The molecule has 1 aromatic carbocycles. The van der Waals surface area contributed by atoms with Gasteiger partial charge in [-0.15, -0.1) is 0 Å². The van der Waals surface area contributed by atoms with Crippen molar-refractivity contribution in [2.24, 2.45) is 0 Å². The summed E-state index contributed by atoms with van der Waals surface area (Å²) < 4.78 is 50.6. The van der Waals surface area contributed by atoms with Crippen molar-refractivity contribution in [1.29, 1.82) is 0 Å². The van der Waals surface area contributed by atoms with Gasteiger partial charge in [-0.2, -0.15) is 14.5 Å². The Morgan fingerprint density at radius 1 is 1.21 bits per heavy atom. The fraction of sp³-hybridized carbons (Fsp3) is 0.214. The van der Waals surface area contributed by atoms with Crippen LogP contribution in [0.1, 0.15) is 5.69 Å². The quantitative estimate of drug-likeness (QED) is 0.771. The molecule has 3 rings (SSSR count). The molecule has 0 fully saturated rings. The van der Waals surface area contributed by atoms with E-state index in [1.54, 1.807) is 6.07 Å². The molecule has 0 unspecified atom stereocenters. The Labute approximate surface area is 136 Å². The Kier molecular flexibility index (Phi) is 4.01. The summed E-state index contributed by atoms with van der Waals surface area (Å²) in [4.78, 5) is 7.07. The lowest BCUT2D eigenvalue weighted by atomic mass is 10.2. The summed E-state index contributed by atoms with van der Waals surface area (Å²) in [5.74, 6) is -1.60. The van der Waals surface area contributed by atoms with E-state index in [0.717, 1.165) is 22.7 Å². The summed E-state index contributed by atoms with van der Waals surface area (Å²) in [6.07, 6.45) is 2.51. The maximum Gasteiger partial charge on any atom is 0.211 e. The highest BCUT2D eigenvalue weighted by Gasteiger charge is 2.14. The van der Waals surface area contributed by atoms with Gasteiger partial charge in [0.05, 0.1) is 35.7 Å². The molecule has 126 valence electrons. The van der Waals surface area contributed by atoms with Crippen LogP contribution in [-0.2, 0) is 16.6 Å². The molecular weight excluding hydrogens is 340 g/mol. The van der Waals surface area contributed by atoms with Crippen LogP contribution in [-0.4, -0.2) is 46.2 Å². The second-order valence-corrected chi connectivity index (χ2v) is 7.41. The molecule has 0 saturated heterocycles. The van der Waals surface area contributed by atoms with Crippen molar-refractivity contribution < 1.29 is 17.2 Å². The van der Waals surface area contributed by atoms with Gasteiger partial charge in [0.1, 0.15) is 5.82 Å². The molecule has 0 spiro atoms. The largest absolute Gasteiger partial charge is 0.338 e. The first-order chi connectivity index (χ1) is 11.2. The molecule has 3 aromatic rings. The summed E-state index contributed by atoms with van der Waals surface area (Å²) in [6.45, 7) is 0.0448. The van der Waals surface area contributed by atoms with Gasteiger partial charge < -0.3 is 4.98 Å². The smallest absolute Gasteiger partial charge is 0.211 e. The lowest BCUT2D eigenvalue weighted by Gasteiger charge is -2.12. The van der Waals surface area contributed by atoms with Crippen LogP contribution in [0, 0.1) is 11.6 Å². The number of nitrogens with one attached hydrogen (secondary N) is 1. The molecule has 2 aromatic heterocycles. The first kappa shape index (κ1) is 16.4. The summed E-state index contributed by atoms with van der Waals surface area (Å²) in [5, 5.41) is 7.70. The summed E-state index contributed by atoms with van der Waals surface area (Å²) in [5.41, 5.74) is 1.56. The lowest BCUT2D eigenvalue weighted by Crippen LogP contribution is -2.25. The highest BCUT2D eigenvalue weighted by Crippen LogP contribution is 2.22. The van der Waals surface area contributed by atoms with Gasteiger partial charge in [-0.25, -0.2) is 22.2 Å². The third-order valence-corrected chi connectivity index (χ3v) is 4.71. The average Bonchev–Trinajstić information content (AvgIpc) is 2.90. The number of H-pyrrole nitrogens is 1. The molecule has 0 atom stereocenters. The van der Waals surface area contributed by atoms with E-state index in [4.69, 9.17) is 0 Å². The van der Waals surface area contributed by atoms with Crippen LogP contribution in [0.2, 0.25) is 0 Å². The number of nitrogens with zero attached hydrogens (tertiary/aromatic N) is 4. The first-order valence-electron chi connectivity index (χ1n) is 6.82. The van der Waals surface area contributed by atoms with Crippen molar-refractivity contribution in [3.05, 3.63) is 41.7 Å². The van der Waals surface area contributed by atoms with E-state index < -0.39 is 21.7 Å². The zero-order chi connectivity index (χ0) is 17.5. The van der Waals surface area contributed by atoms with E-state index in [9.17, 15) is 17.2 Å². The fourth-order valence-corrected chi connectivity index (χ4v) is 2.47. The minimum Gasteiger partial charge on any atom is -0.338 e. The standard InChI is InChI=1S/C14H13F2N5O2S/c1-21(24(2,22)23)7-9-3-8(6-17-20-9)14-18-12-4-10(15)11(16)5-13(12)19-14/h3-6H,7H2,1-2H3,(H,18,19). The summed E-state index contributed by atoms with van der Waals surface area (Å²) in [7, 11) is -1.92. The zero-order valence-electron chi connectivity index (χ0n) is 12.8. The molecule has 0 amide bonds. The molecular formula is C14H13F2N5O2S. The van der Waals surface area contributed by atoms with Gasteiger partial charge in [0.2, 0.25) is 10.0 Å². The maximum atomic E-state index is 13.3. The molecule has 0 bridgehead atoms. The van der Waals surface area contributed by atoms with Crippen LogP contribution < -0.4 is 0 Å². The minimum atomic E-state index is -3.35. The monoisotopic (exact) mass is 353 g/mol. The average molecular weight is 353 g/mol. The number of aromatic amines is 1. The van der Waals surface area contributed by atoms with Crippen LogP contribution in [0.25, 0.3) is 22.4 Å². The maximum absolute atomic E-state index is 13.3. The van der Waals surface area contributed by atoms with Gasteiger partial charge in [-0.05, 0) is 6.07 Å². The van der Waals surface area contributed by atoms with Gasteiger partial charge >= 0.3 is 0 Å². The topological polar surface area (TPSA) is 91.8 Å². The number of imidazole rings is 1. The second kappa shape index (κ2) is 5.87. The minimum absolute atomic E-state index is 0.0448. The zero-order valence-corrected chi connectivity index (χ0v) is 13.6. The van der Waals surface area contributed by atoms with Crippen molar-refractivity contribution in [3.8, 4) is 11.4 Å². The van der Waals surface area contributed by atoms with Crippen LogP contribution in [0.3, 0.4) is 0 Å². The number of sulfonamides is 1. The van der Waals surface area contributed by atoms with Crippen LogP contribution in [0.5, 0.6) is 0 Å². The van der Waals surface area contributed by atoms with E-state index in [2.05, 4.69) is 20.2 Å². The normalized spacial score (nSPS) is 12.2. The fourth-order valence-electron chi connectivity index (χ4n) is 2.10. The molecule has 0 saturated carbocycles. The second-order valence-electron chi connectivity index (χ2n) is 5.32. The van der Waals surface area contributed by atoms with E-state index in [1.807, 2.05) is 0 Å². The number of benzene rings is 1. The summed E-state index contributed by atoms with van der Waals surface area (Å²) >= 11 is 0. The van der Waals surface area contributed by atoms with Crippen molar-refractivity contribution >= 4 is 21.1 Å². The molecule has 2 heterocycles. The van der Waals surface area contributed by atoms with Gasteiger partial charge in [-0.3, -0.25) is 0 Å². The van der Waals surface area contributed by atoms with Gasteiger partial charge in [0.15, 0.2) is 11.6 Å². The van der Waals surface area contributed by atoms with Crippen molar-refractivity contribution in [3.63, 3.8) is 0 Å². The van der Waals surface area contributed by atoms with Gasteiger partial charge in [0, 0.05) is 24.7 Å². The number of fused-ring (bicyclic) bond motifs is 1. The van der Waals surface area contributed by atoms with E-state index >= 15 is 0 Å². The number of halogens is 2. The van der Waals surface area contributed by atoms with Crippen LogP contribution >= 0.6 is 0 Å². The van der Waals surface area contributed by atoms with E-state index in [1.165, 1.54) is 13.2 Å².